The summed E-state index contributed by atoms with van der Waals surface area (Å²) in [7, 11) is 0. The fourth-order valence-corrected chi connectivity index (χ4v) is 5.05. The molecule has 0 saturated carbocycles. The summed E-state index contributed by atoms with van der Waals surface area (Å²) in [6, 6.07) is 19.4. The number of benzene rings is 2. The van der Waals surface area contributed by atoms with Gasteiger partial charge in [-0.2, -0.15) is 0 Å². The summed E-state index contributed by atoms with van der Waals surface area (Å²) in [6.07, 6.45) is 3.61. The molecule has 0 aliphatic carbocycles. The molecule has 0 aromatic heterocycles. The van der Waals surface area contributed by atoms with Crippen LogP contribution in [0.4, 0.5) is 0 Å². The predicted octanol–water partition coefficient (Wildman–Crippen LogP) is 4.97. The lowest BCUT2D eigenvalue weighted by molar-refractivity contribution is -0.125. The van der Waals surface area contributed by atoms with Gasteiger partial charge in [0.15, 0.2) is 10.3 Å². The number of amides is 2. The maximum Gasteiger partial charge on any atom is 0.278 e. The third-order valence-corrected chi connectivity index (χ3v) is 6.84. The average Bonchev–Trinajstić information content (AvgIpc) is 3.30. The topological polar surface area (TPSA) is 65.3 Å². The molecule has 0 saturated heterocycles. The zero-order valence-electron chi connectivity index (χ0n) is 19.2. The summed E-state index contributed by atoms with van der Waals surface area (Å²) >= 11 is 3.05. The quantitative estimate of drug-likeness (QED) is 0.514. The van der Waals surface area contributed by atoms with Crippen LogP contribution in [0.2, 0.25) is 0 Å². The van der Waals surface area contributed by atoms with Gasteiger partial charge < -0.3 is 0 Å². The van der Waals surface area contributed by atoms with E-state index in [0.717, 1.165) is 22.6 Å². The van der Waals surface area contributed by atoms with Crippen molar-refractivity contribution in [3.05, 3.63) is 83.2 Å². The fourth-order valence-electron chi connectivity index (χ4n) is 3.55. The molecule has 2 aromatic carbocycles. The summed E-state index contributed by atoms with van der Waals surface area (Å²) < 4.78 is 0. The highest BCUT2D eigenvalue weighted by Gasteiger charge is 2.34. The lowest BCUT2D eigenvalue weighted by atomic mass is 10.2. The first-order valence-corrected chi connectivity index (χ1v) is 13.2. The first-order chi connectivity index (χ1) is 16.6. The van der Waals surface area contributed by atoms with Crippen molar-refractivity contribution in [2.45, 2.75) is 13.8 Å². The molecule has 0 atom stereocenters. The Morgan fingerprint density at radius 2 is 1.06 bits per heavy atom. The largest absolute Gasteiger partial charge is 0.284 e. The predicted molar refractivity (Wildman–Crippen MR) is 143 cm³/mol. The van der Waals surface area contributed by atoms with Gasteiger partial charge in [0.2, 0.25) is 0 Å². The number of carbonyl (C=O) groups is 2. The first-order valence-electron chi connectivity index (χ1n) is 11.2. The molecule has 0 radical (unpaired) electrons. The van der Waals surface area contributed by atoms with Crippen LogP contribution < -0.4 is 0 Å². The first kappa shape index (κ1) is 24.0. The molecule has 0 fully saturated rings. The zero-order valence-corrected chi connectivity index (χ0v) is 20.8. The van der Waals surface area contributed by atoms with Crippen LogP contribution in [0.15, 0.2) is 82.0 Å². The normalized spacial score (nSPS) is 18.3. The summed E-state index contributed by atoms with van der Waals surface area (Å²) in [5.41, 5.74) is 2.68. The highest BCUT2D eigenvalue weighted by molar-refractivity contribution is 8.14. The van der Waals surface area contributed by atoms with Crippen LogP contribution in [0.5, 0.6) is 0 Å². The van der Waals surface area contributed by atoms with Crippen LogP contribution >= 0.6 is 23.5 Å². The number of rotatable bonds is 7. The van der Waals surface area contributed by atoms with E-state index < -0.39 is 0 Å². The molecule has 34 heavy (non-hydrogen) atoms. The van der Waals surface area contributed by atoms with Gasteiger partial charge in [-0.05, 0) is 34.8 Å². The van der Waals surface area contributed by atoms with Crippen molar-refractivity contribution in [3.8, 4) is 0 Å². The van der Waals surface area contributed by atoms with Crippen LogP contribution in [0.1, 0.15) is 25.0 Å². The minimum absolute atomic E-state index is 0.145. The minimum Gasteiger partial charge on any atom is -0.284 e. The SMILES string of the molecule is CCSC1=N/C(=C\c2ccccc2)C(=O)N1CCN1C(=O)/C(=C/c2ccccc2)N=C1SCC. The Hall–Kier alpha value is -3.10. The van der Waals surface area contributed by atoms with Crippen LogP contribution in [-0.2, 0) is 9.59 Å². The molecule has 8 heteroatoms. The molecule has 2 heterocycles. The third-order valence-electron chi connectivity index (χ3n) is 5.12. The van der Waals surface area contributed by atoms with Gasteiger partial charge in [0.25, 0.3) is 11.8 Å². The highest BCUT2D eigenvalue weighted by Crippen LogP contribution is 2.26. The molecule has 174 valence electrons. The number of aliphatic imine (C=N–C) groups is 2. The molecule has 0 spiro atoms. The van der Waals surface area contributed by atoms with Crippen LogP contribution in [0.3, 0.4) is 0 Å². The fraction of sp³-hybridized carbons (Fsp3) is 0.231. The summed E-state index contributed by atoms with van der Waals surface area (Å²) in [5, 5.41) is 1.34. The van der Waals surface area contributed by atoms with Gasteiger partial charge in [0.1, 0.15) is 11.4 Å². The van der Waals surface area contributed by atoms with E-state index in [0.29, 0.717) is 34.8 Å². The standard InChI is InChI=1S/C26H26N4O2S2/c1-3-33-25-27-21(17-19-11-7-5-8-12-19)23(31)29(25)15-16-30-24(32)22(28-26(30)34-4-2)18-20-13-9-6-10-14-20/h5-14,17-18H,3-4,15-16H2,1-2H3/b21-17-,22-18-. The minimum atomic E-state index is -0.145. The smallest absolute Gasteiger partial charge is 0.278 e. The maximum absolute atomic E-state index is 13.2. The molecule has 0 unspecified atom stereocenters. The third kappa shape index (κ3) is 5.51. The molecular weight excluding hydrogens is 464 g/mol. The van der Waals surface area contributed by atoms with Crippen molar-refractivity contribution in [3.63, 3.8) is 0 Å². The van der Waals surface area contributed by atoms with Gasteiger partial charge in [0.05, 0.1) is 0 Å². The van der Waals surface area contributed by atoms with E-state index in [1.165, 1.54) is 23.5 Å². The van der Waals surface area contributed by atoms with E-state index in [1.54, 1.807) is 22.0 Å². The molecular formula is C26H26N4O2S2. The van der Waals surface area contributed by atoms with Crippen molar-refractivity contribution in [2.75, 3.05) is 24.6 Å². The van der Waals surface area contributed by atoms with Gasteiger partial charge in [-0.3, -0.25) is 19.4 Å². The average molecular weight is 491 g/mol. The second-order valence-electron chi connectivity index (χ2n) is 7.45. The van der Waals surface area contributed by atoms with E-state index in [4.69, 9.17) is 0 Å². The van der Waals surface area contributed by atoms with E-state index in [2.05, 4.69) is 9.98 Å². The molecule has 2 aliphatic rings. The molecule has 2 amide bonds. The number of hydrogen-bond acceptors (Lipinski definition) is 6. The Labute approximate surface area is 208 Å². The van der Waals surface area contributed by atoms with Crippen molar-refractivity contribution >= 4 is 57.8 Å². The van der Waals surface area contributed by atoms with Crippen LogP contribution in [0, 0.1) is 0 Å². The summed E-state index contributed by atoms with van der Waals surface area (Å²) in [4.78, 5) is 38.9. The Morgan fingerprint density at radius 1 is 0.676 bits per heavy atom. The maximum atomic E-state index is 13.2. The summed E-state index contributed by atoms with van der Waals surface area (Å²) in [5.74, 6) is 1.31. The highest BCUT2D eigenvalue weighted by atomic mass is 32.2. The molecule has 0 bridgehead atoms. The summed E-state index contributed by atoms with van der Waals surface area (Å²) in [6.45, 7) is 4.76. The number of carbonyl (C=O) groups excluding carboxylic acids is 2. The Balaban J connectivity index is 1.52. The lowest BCUT2D eigenvalue weighted by Gasteiger charge is -2.22. The van der Waals surface area contributed by atoms with Crippen LogP contribution in [-0.4, -0.2) is 56.5 Å². The molecule has 0 N–H and O–H groups in total. The Morgan fingerprint density at radius 3 is 1.41 bits per heavy atom. The number of amidine groups is 2. The monoisotopic (exact) mass is 490 g/mol. The van der Waals surface area contributed by atoms with Gasteiger partial charge in [-0.15, -0.1) is 0 Å². The van der Waals surface area contributed by atoms with E-state index in [9.17, 15) is 9.59 Å². The van der Waals surface area contributed by atoms with E-state index >= 15 is 0 Å². The van der Waals surface area contributed by atoms with Crippen molar-refractivity contribution in [1.82, 2.24) is 9.80 Å². The Bertz CT molecular complexity index is 1080. The number of hydrogen-bond donors (Lipinski definition) is 0. The number of thioether (sulfide) groups is 2. The van der Waals surface area contributed by atoms with Crippen molar-refractivity contribution in [2.24, 2.45) is 9.98 Å². The molecule has 4 rings (SSSR count). The molecule has 6 nitrogen and oxygen atoms in total. The lowest BCUT2D eigenvalue weighted by Crippen LogP contribution is -2.41. The van der Waals surface area contributed by atoms with Gasteiger partial charge in [-0.1, -0.05) is 98.0 Å². The van der Waals surface area contributed by atoms with Gasteiger partial charge in [0, 0.05) is 13.1 Å². The molecule has 2 aromatic rings. The zero-order chi connectivity index (χ0) is 23.9. The van der Waals surface area contributed by atoms with E-state index in [1.807, 2.05) is 74.5 Å². The second-order valence-corrected chi connectivity index (χ2v) is 9.91. The number of nitrogens with zero attached hydrogens (tertiary/aromatic N) is 4. The van der Waals surface area contributed by atoms with Crippen molar-refractivity contribution < 1.29 is 9.59 Å². The van der Waals surface area contributed by atoms with Crippen LogP contribution in [0.25, 0.3) is 12.2 Å². The Kier molecular flexibility index (Phi) is 8.03. The molecule has 2 aliphatic heterocycles. The van der Waals surface area contributed by atoms with Gasteiger partial charge >= 0.3 is 0 Å². The second kappa shape index (κ2) is 11.4. The van der Waals surface area contributed by atoms with Crippen molar-refractivity contribution in [1.29, 1.82) is 0 Å². The van der Waals surface area contributed by atoms with Gasteiger partial charge in [-0.25, -0.2) is 9.98 Å². The van der Waals surface area contributed by atoms with E-state index in [-0.39, 0.29) is 11.8 Å².